The Morgan fingerprint density at radius 2 is 0.472 bits per heavy atom. The number of phenolic OH excluding ortho intramolecular Hbond substituents is 12. The first-order valence-electron chi connectivity index (χ1n) is 23.8. The predicted octanol–water partition coefficient (Wildman–Crippen LogP) is 11.5. The van der Waals surface area contributed by atoms with Crippen molar-refractivity contribution in [3.05, 3.63) is 214 Å². The maximum Gasteiger partial charge on any atom is 0.200 e. The Bertz CT molecular complexity index is 2720. The number of aryl methyl sites for hydroxylation is 2. The third-order valence-corrected chi connectivity index (χ3v) is 13.3. The molecule has 8 rings (SSSR count). The molecule has 0 bridgehead atoms. The van der Waals surface area contributed by atoms with E-state index in [4.69, 9.17) is 0 Å². The second-order valence-corrected chi connectivity index (χ2v) is 18.4. The van der Waals surface area contributed by atoms with Crippen molar-refractivity contribution in [2.75, 3.05) is 0 Å². The van der Waals surface area contributed by atoms with Crippen LogP contribution < -0.4 is 0 Å². The predicted molar refractivity (Wildman–Crippen MR) is 275 cm³/mol. The third kappa shape index (κ3) is 13.4. The number of aromatic hydroxyl groups is 12. The van der Waals surface area contributed by atoms with Crippen LogP contribution in [0.15, 0.2) is 170 Å². The third-order valence-electron chi connectivity index (χ3n) is 13.3. The average Bonchev–Trinajstić information content (AvgIpc) is 3.38. The summed E-state index contributed by atoms with van der Waals surface area (Å²) in [7, 11) is 0. The van der Waals surface area contributed by atoms with Gasteiger partial charge in [-0.15, -0.1) is 0 Å². The fourth-order valence-electron chi connectivity index (χ4n) is 9.63. The molecular formula is C60H60O12. The van der Waals surface area contributed by atoms with Crippen molar-refractivity contribution in [1.82, 2.24) is 0 Å². The Morgan fingerprint density at radius 1 is 0.250 bits per heavy atom. The number of phenols is 12. The summed E-state index contributed by atoms with van der Waals surface area (Å²) in [6.45, 7) is 0. The van der Waals surface area contributed by atoms with Crippen molar-refractivity contribution >= 4 is 0 Å². The molecule has 0 aromatic heterocycles. The molecule has 0 fully saturated rings. The molecule has 0 saturated carbocycles. The van der Waals surface area contributed by atoms with Crippen LogP contribution in [0.1, 0.15) is 69.2 Å². The summed E-state index contributed by atoms with van der Waals surface area (Å²) in [5, 5.41) is 120. The topological polar surface area (TPSA) is 243 Å². The lowest BCUT2D eigenvalue weighted by molar-refractivity contribution is 0.359. The smallest absolute Gasteiger partial charge is 0.200 e. The van der Waals surface area contributed by atoms with Crippen LogP contribution in [-0.4, -0.2) is 61.3 Å². The van der Waals surface area contributed by atoms with Crippen LogP contribution in [-0.2, 0) is 38.5 Å². The summed E-state index contributed by atoms with van der Waals surface area (Å²) in [5.74, 6) is -5.31. The molecule has 0 aliphatic rings. The van der Waals surface area contributed by atoms with Gasteiger partial charge in [0.05, 0.1) is 0 Å². The van der Waals surface area contributed by atoms with Gasteiger partial charge in [-0.05, 0) is 168 Å². The van der Waals surface area contributed by atoms with Crippen LogP contribution >= 0.6 is 0 Å². The van der Waals surface area contributed by atoms with Gasteiger partial charge in [0.1, 0.15) is 0 Å². The van der Waals surface area contributed by atoms with Crippen LogP contribution in [0.25, 0.3) is 0 Å². The highest BCUT2D eigenvalue weighted by Gasteiger charge is 2.28. The highest BCUT2D eigenvalue weighted by molar-refractivity contribution is 5.54. The zero-order valence-corrected chi connectivity index (χ0v) is 39.5. The molecule has 72 heavy (non-hydrogen) atoms. The molecule has 12 N–H and O–H groups in total. The second-order valence-electron chi connectivity index (χ2n) is 18.4. The Balaban J connectivity index is 0.000000211. The van der Waals surface area contributed by atoms with Gasteiger partial charge >= 0.3 is 0 Å². The largest absolute Gasteiger partial charge is 0.504 e. The van der Waals surface area contributed by atoms with Gasteiger partial charge in [-0.1, -0.05) is 121 Å². The number of benzene rings is 8. The van der Waals surface area contributed by atoms with Crippen molar-refractivity contribution in [3.63, 3.8) is 0 Å². The molecule has 372 valence electrons. The normalized spacial score (nSPS) is 12.8. The number of hydrogen-bond donors (Lipinski definition) is 12. The maximum atomic E-state index is 10.1. The summed E-state index contributed by atoms with van der Waals surface area (Å²) in [6, 6.07) is 51.7. The van der Waals surface area contributed by atoms with Crippen LogP contribution in [0.5, 0.6) is 69.0 Å². The van der Waals surface area contributed by atoms with Crippen molar-refractivity contribution < 1.29 is 61.3 Å². The van der Waals surface area contributed by atoms with E-state index < -0.39 is 23.0 Å². The quantitative estimate of drug-likeness (QED) is 0.0359. The molecule has 8 aromatic carbocycles. The fraction of sp³-hybridized carbons (Fsp3) is 0.200. The maximum absolute atomic E-state index is 10.1. The molecule has 12 heteroatoms. The van der Waals surface area contributed by atoms with Crippen molar-refractivity contribution in [2.24, 2.45) is 11.8 Å². The Hall–Kier alpha value is -8.64. The van der Waals surface area contributed by atoms with E-state index in [-0.39, 0.29) is 69.7 Å². The summed E-state index contributed by atoms with van der Waals surface area (Å²) in [6.07, 6.45) is 5.12. The lowest BCUT2D eigenvalue weighted by Crippen LogP contribution is -2.19. The second kappa shape index (κ2) is 23.8. The molecule has 0 aliphatic heterocycles. The van der Waals surface area contributed by atoms with Gasteiger partial charge in [-0.25, -0.2) is 0 Å². The molecule has 0 unspecified atom stereocenters. The van der Waals surface area contributed by atoms with Gasteiger partial charge in [-0.2, -0.15) is 0 Å². The lowest BCUT2D eigenvalue weighted by Gasteiger charge is -2.29. The van der Waals surface area contributed by atoms with Crippen LogP contribution in [0.2, 0.25) is 0 Å². The number of rotatable bonds is 18. The van der Waals surface area contributed by atoms with Crippen LogP contribution in [0.4, 0.5) is 0 Å². The lowest BCUT2D eigenvalue weighted by atomic mass is 9.76. The minimum Gasteiger partial charge on any atom is -0.504 e. The van der Waals surface area contributed by atoms with E-state index >= 15 is 0 Å². The molecular weight excluding hydrogens is 913 g/mol. The van der Waals surface area contributed by atoms with E-state index in [1.165, 1.54) is 59.7 Å². The summed E-state index contributed by atoms with van der Waals surface area (Å²) in [4.78, 5) is 0. The van der Waals surface area contributed by atoms with Gasteiger partial charge in [0.2, 0.25) is 0 Å². The molecule has 0 radical (unpaired) electrons. The van der Waals surface area contributed by atoms with E-state index in [1.807, 2.05) is 97.1 Å². The Morgan fingerprint density at radius 3 is 0.722 bits per heavy atom. The van der Waals surface area contributed by atoms with Gasteiger partial charge in [0, 0.05) is 0 Å². The first kappa shape index (κ1) is 51.2. The molecule has 0 amide bonds. The SMILES string of the molecule is Oc1cc(C[C@@H](CCc2ccccc2)[C@@H](Cc2cc(O)c(O)c(O)c2)c2ccccc2)cc(O)c1O.Oc1cc(C[C@H](CCc2ccccc2)[C@H](Cc2cc(O)c(O)c(O)c2)c2ccccc2)cc(O)c1O. The highest BCUT2D eigenvalue weighted by atomic mass is 16.3. The fourth-order valence-corrected chi connectivity index (χ4v) is 9.63. The van der Waals surface area contributed by atoms with E-state index in [9.17, 15) is 61.3 Å². The summed E-state index contributed by atoms with van der Waals surface area (Å²) < 4.78 is 0. The first-order valence-corrected chi connectivity index (χ1v) is 23.8. The van der Waals surface area contributed by atoms with Crippen molar-refractivity contribution in [2.45, 2.75) is 63.2 Å². The highest BCUT2D eigenvalue weighted by Crippen LogP contribution is 2.44. The van der Waals surface area contributed by atoms with Crippen LogP contribution in [0.3, 0.4) is 0 Å². The van der Waals surface area contributed by atoms with E-state index in [2.05, 4.69) is 24.3 Å². The molecule has 4 atom stereocenters. The zero-order valence-electron chi connectivity index (χ0n) is 39.5. The molecule has 12 nitrogen and oxygen atoms in total. The average molecular weight is 973 g/mol. The van der Waals surface area contributed by atoms with E-state index in [0.717, 1.165) is 36.8 Å². The van der Waals surface area contributed by atoms with Gasteiger partial charge < -0.3 is 61.3 Å². The molecule has 0 heterocycles. The summed E-state index contributed by atoms with van der Waals surface area (Å²) >= 11 is 0. The minimum atomic E-state index is -0.550. The van der Waals surface area contributed by atoms with Crippen LogP contribution in [0, 0.1) is 11.8 Å². The number of hydrogen-bond acceptors (Lipinski definition) is 12. The molecule has 0 saturated heterocycles. The standard InChI is InChI=1S/2C30H30O6/c2*31-25-15-20(16-26(32)29(25)35)13-23(12-11-19-7-3-1-4-8-19)24(22-9-5-2-6-10-22)14-21-17-27(33)30(36)28(34)18-21/h2*1-10,15-18,23-24,31-36H,11-14H2/t2*23-,24+/m10/s1. The van der Waals surface area contributed by atoms with E-state index in [0.29, 0.717) is 47.9 Å². The molecule has 0 spiro atoms. The minimum absolute atomic E-state index is 0.0223. The Labute approximate surface area is 418 Å². The molecule has 0 aliphatic carbocycles. The van der Waals surface area contributed by atoms with Gasteiger partial charge in [0.15, 0.2) is 69.0 Å². The van der Waals surface area contributed by atoms with Gasteiger partial charge in [0.25, 0.3) is 0 Å². The van der Waals surface area contributed by atoms with Gasteiger partial charge in [-0.3, -0.25) is 0 Å². The first-order chi connectivity index (χ1) is 34.6. The van der Waals surface area contributed by atoms with Crippen molar-refractivity contribution in [3.8, 4) is 69.0 Å². The van der Waals surface area contributed by atoms with E-state index in [1.54, 1.807) is 0 Å². The van der Waals surface area contributed by atoms with Crippen molar-refractivity contribution in [1.29, 1.82) is 0 Å². The zero-order chi connectivity index (χ0) is 51.3. The monoisotopic (exact) mass is 972 g/mol. The summed E-state index contributed by atoms with van der Waals surface area (Å²) in [5.41, 5.74) is 7.19. The Kier molecular flexibility index (Phi) is 16.9. The molecule has 8 aromatic rings.